The van der Waals surface area contributed by atoms with E-state index in [1.165, 1.54) is 19.3 Å². The molecule has 0 aromatic heterocycles. The van der Waals surface area contributed by atoms with Gasteiger partial charge in [0.15, 0.2) is 0 Å². The van der Waals surface area contributed by atoms with Gasteiger partial charge in [0, 0.05) is 6.04 Å². The van der Waals surface area contributed by atoms with E-state index in [0.29, 0.717) is 17.9 Å². The van der Waals surface area contributed by atoms with E-state index in [9.17, 15) is 0 Å². The van der Waals surface area contributed by atoms with Crippen molar-refractivity contribution >= 4 is 0 Å². The van der Waals surface area contributed by atoms with Crippen molar-refractivity contribution in [1.82, 2.24) is 0 Å². The highest BCUT2D eigenvalue weighted by molar-refractivity contribution is 4.83. The average molecular weight is 211 g/mol. The predicted molar refractivity (Wildman–Crippen MR) is 69.8 cm³/mol. The molecule has 0 heterocycles. The molecule has 0 aromatic rings. The van der Waals surface area contributed by atoms with Gasteiger partial charge in [-0.1, -0.05) is 46.6 Å². The van der Waals surface area contributed by atoms with Crippen LogP contribution in [-0.4, -0.2) is 6.04 Å². The zero-order valence-electron chi connectivity index (χ0n) is 11.0. The Balaban J connectivity index is 4.31. The van der Waals surface area contributed by atoms with Crippen LogP contribution in [0.2, 0.25) is 0 Å². The molecule has 0 aliphatic rings. The maximum Gasteiger partial charge on any atom is 0.0104 e. The van der Waals surface area contributed by atoms with E-state index in [2.05, 4.69) is 34.3 Å². The summed E-state index contributed by atoms with van der Waals surface area (Å²) in [6, 6.07) is 0.295. The van der Waals surface area contributed by atoms with Crippen LogP contribution in [0, 0.1) is 17.8 Å². The third-order valence-electron chi connectivity index (χ3n) is 3.61. The lowest BCUT2D eigenvalue weighted by molar-refractivity contribution is 0.245. The standard InChI is InChI=1S/C14H29N/c1-6-9-14(15)13(11(4)5)10-12(7-2)8-3/h6,11-14H,1,7-10,15H2,2-5H3. The van der Waals surface area contributed by atoms with Crippen LogP contribution < -0.4 is 5.73 Å². The van der Waals surface area contributed by atoms with Crippen LogP contribution in [0.4, 0.5) is 0 Å². The molecule has 0 bridgehead atoms. The van der Waals surface area contributed by atoms with E-state index >= 15 is 0 Å². The van der Waals surface area contributed by atoms with E-state index in [1.807, 2.05) is 6.08 Å². The van der Waals surface area contributed by atoms with Crippen LogP contribution in [0.25, 0.3) is 0 Å². The molecule has 0 aliphatic heterocycles. The Bertz CT molecular complexity index is 159. The molecule has 0 fully saturated rings. The van der Waals surface area contributed by atoms with Crippen molar-refractivity contribution in [2.24, 2.45) is 23.5 Å². The van der Waals surface area contributed by atoms with Gasteiger partial charge < -0.3 is 5.73 Å². The second kappa shape index (κ2) is 7.92. The molecule has 15 heavy (non-hydrogen) atoms. The fourth-order valence-electron chi connectivity index (χ4n) is 2.32. The van der Waals surface area contributed by atoms with Gasteiger partial charge in [0.2, 0.25) is 0 Å². The average Bonchev–Trinajstić information content (AvgIpc) is 2.19. The minimum atomic E-state index is 0.295. The number of hydrogen-bond acceptors (Lipinski definition) is 1. The van der Waals surface area contributed by atoms with Crippen LogP contribution in [0.3, 0.4) is 0 Å². The second-order valence-corrected chi connectivity index (χ2v) is 5.01. The molecule has 0 rings (SSSR count). The van der Waals surface area contributed by atoms with Gasteiger partial charge in [-0.15, -0.1) is 6.58 Å². The molecule has 1 heteroatoms. The first-order valence-corrected chi connectivity index (χ1v) is 6.43. The Morgan fingerprint density at radius 2 is 1.73 bits per heavy atom. The molecule has 0 aliphatic carbocycles. The molecule has 0 radical (unpaired) electrons. The second-order valence-electron chi connectivity index (χ2n) is 5.01. The highest BCUT2D eigenvalue weighted by Gasteiger charge is 2.22. The molecule has 2 unspecified atom stereocenters. The fraction of sp³-hybridized carbons (Fsp3) is 0.857. The van der Waals surface area contributed by atoms with Gasteiger partial charge in [0.1, 0.15) is 0 Å². The summed E-state index contributed by atoms with van der Waals surface area (Å²) in [6.45, 7) is 12.9. The van der Waals surface area contributed by atoms with Gasteiger partial charge in [-0.2, -0.15) is 0 Å². The quantitative estimate of drug-likeness (QED) is 0.604. The summed E-state index contributed by atoms with van der Waals surface area (Å²) < 4.78 is 0. The summed E-state index contributed by atoms with van der Waals surface area (Å²) in [5.74, 6) is 2.17. The zero-order chi connectivity index (χ0) is 11.8. The third-order valence-corrected chi connectivity index (χ3v) is 3.61. The van der Waals surface area contributed by atoms with Crippen LogP contribution in [-0.2, 0) is 0 Å². The van der Waals surface area contributed by atoms with E-state index in [-0.39, 0.29) is 0 Å². The van der Waals surface area contributed by atoms with Crippen molar-refractivity contribution in [1.29, 1.82) is 0 Å². The van der Waals surface area contributed by atoms with Crippen LogP contribution >= 0.6 is 0 Å². The highest BCUT2D eigenvalue weighted by Crippen LogP contribution is 2.27. The predicted octanol–water partition coefficient (Wildman–Crippen LogP) is 3.99. The maximum atomic E-state index is 6.22. The molecular weight excluding hydrogens is 182 g/mol. The van der Waals surface area contributed by atoms with Gasteiger partial charge in [-0.3, -0.25) is 0 Å². The monoisotopic (exact) mass is 211 g/mol. The first kappa shape index (κ1) is 14.7. The summed E-state index contributed by atoms with van der Waals surface area (Å²) >= 11 is 0. The van der Waals surface area contributed by atoms with Crippen LogP contribution in [0.1, 0.15) is 53.4 Å². The summed E-state index contributed by atoms with van der Waals surface area (Å²) in [5.41, 5.74) is 6.22. The summed E-state index contributed by atoms with van der Waals surface area (Å²) in [6.07, 6.45) is 6.73. The number of nitrogens with two attached hydrogens (primary N) is 1. The molecule has 2 atom stereocenters. The topological polar surface area (TPSA) is 26.0 Å². The normalized spacial score (nSPS) is 15.7. The Morgan fingerprint density at radius 3 is 2.07 bits per heavy atom. The van der Waals surface area contributed by atoms with Crippen molar-refractivity contribution in [3.05, 3.63) is 12.7 Å². The third kappa shape index (κ3) is 5.36. The Kier molecular flexibility index (Phi) is 7.76. The fourth-order valence-corrected chi connectivity index (χ4v) is 2.32. The van der Waals surface area contributed by atoms with Gasteiger partial charge >= 0.3 is 0 Å². The van der Waals surface area contributed by atoms with Gasteiger partial charge in [0.05, 0.1) is 0 Å². The van der Waals surface area contributed by atoms with Crippen molar-refractivity contribution in [2.75, 3.05) is 0 Å². The lowest BCUT2D eigenvalue weighted by Gasteiger charge is -2.30. The Morgan fingerprint density at radius 1 is 1.20 bits per heavy atom. The van der Waals surface area contributed by atoms with Gasteiger partial charge in [-0.05, 0) is 30.6 Å². The smallest absolute Gasteiger partial charge is 0.0104 e. The summed E-state index contributed by atoms with van der Waals surface area (Å²) in [5, 5.41) is 0. The Hall–Kier alpha value is -0.300. The summed E-state index contributed by atoms with van der Waals surface area (Å²) in [4.78, 5) is 0. The molecule has 90 valence electrons. The molecule has 0 amide bonds. The van der Waals surface area contributed by atoms with Gasteiger partial charge in [-0.25, -0.2) is 0 Å². The van der Waals surface area contributed by atoms with E-state index in [4.69, 9.17) is 5.73 Å². The number of hydrogen-bond donors (Lipinski definition) is 1. The van der Waals surface area contributed by atoms with E-state index < -0.39 is 0 Å². The zero-order valence-corrected chi connectivity index (χ0v) is 11.0. The minimum Gasteiger partial charge on any atom is -0.327 e. The molecule has 2 N–H and O–H groups in total. The van der Waals surface area contributed by atoms with Gasteiger partial charge in [0.25, 0.3) is 0 Å². The largest absolute Gasteiger partial charge is 0.327 e. The first-order valence-electron chi connectivity index (χ1n) is 6.43. The van der Waals surface area contributed by atoms with Crippen molar-refractivity contribution < 1.29 is 0 Å². The Labute approximate surface area is 96.1 Å². The van der Waals surface area contributed by atoms with E-state index in [0.717, 1.165) is 12.3 Å². The maximum absolute atomic E-state index is 6.22. The lowest BCUT2D eigenvalue weighted by atomic mass is 9.79. The van der Waals surface area contributed by atoms with Crippen LogP contribution in [0.15, 0.2) is 12.7 Å². The van der Waals surface area contributed by atoms with Crippen LogP contribution in [0.5, 0.6) is 0 Å². The SMILES string of the molecule is C=CCC(N)C(CC(CC)CC)C(C)C. The number of rotatable bonds is 8. The molecule has 0 aromatic carbocycles. The molecule has 1 nitrogen and oxygen atoms in total. The van der Waals surface area contributed by atoms with Crippen molar-refractivity contribution in [2.45, 2.75) is 59.4 Å². The van der Waals surface area contributed by atoms with E-state index in [1.54, 1.807) is 0 Å². The molecule has 0 saturated heterocycles. The molecule has 0 spiro atoms. The summed E-state index contributed by atoms with van der Waals surface area (Å²) in [7, 11) is 0. The van der Waals surface area contributed by atoms with Crippen molar-refractivity contribution in [3.63, 3.8) is 0 Å². The molecular formula is C14H29N. The highest BCUT2D eigenvalue weighted by atomic mass is 14.6. The first-order chi connectivity index (χ1) is 7.06. The molecule has 0 saturated carbocycles. The lowest BCUT2D eigenvalue weighted by Crippen LogP contribution is -2.34. The van der Waals surface area contributed by atoms with Crippen molar-refractivity contribution in [3.8, 4) is 0 Å². The minimum absolute atomic E-state index is 0.295.